The molecule has 27 heavy (non-hydrogen) atoms. The van der Waals surface area contributed by atoms with Crippen LogP contribution in [0.25, 0.3) is 17.1 Å². The van der Waals surface area contributed by atoms with Crippen LogP contribution in [0.15, 0.2) is 48.5 Å². The van der Waals surface area contributed by atoms with Gasteiger partial charge >= 0.3 is 6.01 Å². The average Bonchev–Trinajstić information content (AvgIpc) is 3.11. The SMILES string of the molecule is CCCCC(=O)Nc1ccc(-n2nc(OC)nc2-c2ccccc2C)cc1. The highest BCUT2D eigenvalue weighted by atomic mass is 16.5. The molecule has 6 heteroatoms. The van der Waals surface area contributed by atoms with Gasteiger partial charge in [-0.2, -0.15) is 4.98 Å². The first-order valence-electron chi connectivity index (χ1n) is 9.09. The third kappa shape index (κ3) is 4.34. The molecule has 3 rings (SSSR count). The number of carbonyl (C=O) groups is 1. The lowest BCUT2D eigenvalue weighted by Crippen LogP contribution is -2.11. The maximum atomic E-state index is 11.9. The Labute approximate surface area is 159 Å². The summed E-state index contributed by atoms with van der Waals surface area (Å²) in [5, 5.41) is 7.36. The lowest BCUT2D eigenvalue weighted by molar-refractivity contribution is -0.116. The Balaban J connectivity index is 1.89. The quantitative estimate of drug-likeness (QED) is 0.675. The van der Waals surface area contributed by atoms with Crippen molar-refractivity contribution in [2.45, 2.75) is 33.1 Å². The number of rotatable bonds is 7. The molecule has 0 spiro atoms. The van der Waals surface area contributed by atoms with E-state index in [9.17, 15) is 4.79 Å². The Morgan fingerprint density at radius 3 is 2.56 bits per heavy atom. The molecule has 0 aliphatic heterocycles. The number of methoxy groups -OCH3 is 1. The molecule has 1 N–H and O–H groups in total. The zero-order valence-corrected chi connectivity index (χ0v) is 15.9. The van der Waals surface area contributed by atoms with Crippen LogP contribution < -0.4 is 10.1 Å². The molecule has 6 nitrogen and oxygen atoms in total. The minimum atomic E-state index is 0.0348. The van der Waals surface area contributed by atoms with E-state index < -0.39 is 0 Å². The van der Waals surface area contributed by atoms with Crippen molar-refractivity contribution >= 4 is 11.6 Å². The number of ether oxygens (including phenoxy) is 1. The van der Waals surface area contributed by atoms with E-state index in [0.717, 1.165) is 35.3 Å². The van der Waals surface area contributed by atoms with E-state index in [-0.39, 0.29) is 5.91 Å². The number of aryl methyl sites for hydroxylation is 1. The number of unbranched alkanes of at least 4 members (excludes halogenated alkanes) is 1. The van der Waals surface area contributed by atoms with Gasteiger partial charge in [0.2, 0.25) is 5.91 Å². The molecule has 0 saturated carbocycles. The fraction of sp³-hybridized carbons (Fsp3) is 0.286. The van der Waals surface area contributed by atoms with Crippen LogP contribution in [-0.4, -0.2) is 27.8 Å². The number of amides is 1. The molecule has 0 radical (unpaired) electrons. The molecular formula is C21H24N4O2. The second-order valence-electron chi connectivity index (χ2n) is 6.35. The Kier molecular flexibility index (Phi) is 5.86. The van der Waals surface area contributed by atoms with E-state index in [4.69, 9.17) is 4.74 Å². The first-order chi connectivity index (χ1) is 13.1. The number of hydrogen-bond acceptors (Lipinski definition) is 4. The number of hydrogen-bond donors (Lipinski definition) is 1. The predicted molar refractivity (Wildman–Crippen MR) is 106 cm³/mol. The Morgan fingerprint density at radius 1 is 1.15 bits per heavy atom. The van der Waals surface area contributed by atoms with Crippen LogP contribution in [0.1, 0.15) is 31.7 Å². The van der Waals surface area contributed by atoms with E-state index in [1.807, 2.05) is 55.5 Å². The Bertz CT molecular complexity index is 916. The van der Waals surface area contributed by atoms with Gasteiger partial charge in [0.25, 0.3) is 0 Å². The van der Waals surface area contributed by atoms with Crippen LogP contribution >= 0.6 is 0 Å². The molecule has 0 saturated heterocycles. The van der Waals surface area contributed by atoms with Gasteiger partial charge in [-0.3, -0.25) is 4.79 Å². The molecule has 0 atom stereocenters. The summed E-state index contributed by atoms with van der Waals surface area (Å²) in [5.74, 6) is 0.748. The van der Waals surface area contributed by atoms with Crippen LogP contribution in [0.4, 0.5) is 5.69 Å². The lowest BCUT2D eigenvalue weighted by Gasteiger charge is -2.09. The molecule has 0 fully saturated rings. The van der Waals surface area contributed by atoms with Crippen molar-refractivity contribution in [2.24, 2.45) is 0 Å². The van der Waals surface area contributed by atoms with E-state index in [1.54, 1.807) is 11.8 Å². The first-order valence-corrected chi connectivity index (χ1v) is 9.09. The van der Waals surface area contributed by atoms with E-state index in [1.165, 1.54) is 0 Å². The molecule has 1 heterocycles. The molecular weight excluding hydrogens is 340 g/mol. The summed E-state index contributed by atoms with van der Waals surface area (Å²) in [6, 6.07) is 15.9. The number of anilines is 1. The standard InChI is InChI=1S/C21H24N4O2/c1-4-5-10-19(26)22-16-11-13-17(14-12-16)25-20(23-21(24-25)27-3)18-9-7-6-8-15(18)2/h6-9,11-14H,4-5,10H2,1-3H3,(H,22,26). The van der Waals surface area contributed by atoms with Gasteiger partial charge in [0.05, 0.1) is 12.8 Å². The largest absolute Gasteiger partial charge is 0.466 e. The molecule has 0 unspecified atom stereocenters. The molecule has 0 aliphatic carbocycles. The minimum absolute atomic E-state index is 0.0348. The number of carbonyl (C=O) groups excluding carboxylic acids is 1. The number of benzene rings is 2. The molecule has 140 valence electrons. The number of nitrogens with one attached hydrogen (secondary N) is 1. The number of nitrogens with zero attached hydrogens (tertiary/aromatic N) is 3. The van der Waals surface area contributed by atoms with Gasteiger partial charge in [-0.1, -0.05) is 37.6 Å². The first kappa shape index (κ1) is 18.6. The van der Waals surface area contributed by atoms with Gasteiger partial charge in [0.15, 0.2) is 5.82 Å². The van der Waals surface area contributed by atoms with E-state index in [0.29, 0.717) is 18.3 Å². The summed E-state index contributed by atoms with van der Waals surface area (Å²) in [7, 11) is 1.55. The average molecular weight is 364 g/mol. The monoisotopic (exact) mass is 364 g/mol. The van der Waals surface area contributed by atoms with Crippen LogP contribution in [0, 0.1) is 6.92 Å². The van der Waals surface area contributed by atoms with Crippen molar-refractivity contribution in [2.75, 3.05) is 12.4 Å². The molecule has 0 bridgehead atoms. The molecule has 3 aromatic rings. The predicted octanol–water partition coefficient (Wildman–Crippen LogP) is 4.38. The third-order valence-electron chi connectivity index (χ3n) is 4.31. The van der Waals surface area contributed by atoms with Gasteiger partial charge in [0.1, 0.15) is 0 Å². The van der Waals surface area contributed by atoms with Gasteiger partial charge in [-0.05, 0) is 43.2 Å². The van der Waals surface area contributed by atoms with Crippen molar-refractivity contribution in [1.29, 1.82) is 0 Å². The summed E-state index contributed by atoms with van der Waals surface area (Å²) >= 11 is 0. The highest BCUT2D eigenvalue weighted by Crippen LogP contribution is 2.26. The summed E-state index contributed by atoms with van der Waals surface area (Å²) in [5.41, 5.74) is 3.71. The lowest BCUT2D eigenvalue weighted by atomic mass is 10.1. The summed E-state index contributed by atoms with van der Waals surface area (Å²) < 4.78 is 6.99. The van der Waals surface area contributed by atoms with Crippen molar-refractivity contribution in [3.05, 3.63) is 54.1 Å². The second kappa shape index (κ2) is 8.49. The summed E-state index contributed by atoms with van der Waals surface area (Å²) in [4.78, 5) is 16.4. The Morgan fingerprint density at radius 2 is 1.89 bits per heavy atom. The van der Waals surface area contributed by atoms with Gasteiger partial charge in [-0.25, -0.2) is 4.68 Å². The van der Waals surface area contributed by atoms with Gasteiger partial charge < -0.3 is 10.1 Å². The van der Waals surface area contributed by atoms with Crippen LogP contribution in [0.3, 0.4) is 0 Å². The van der Waals surface area contributed by atoms with E-state index >= 15 is 0 Å². The zero-order valence-electron chi connectivity index (χ0n) is 15.9. The fourth-order valence-electron chi connectivity index (χ4n) is 2.80. The minimum Gasteiger partial charge on any atom is -0.466 e. The van der Waals surface area contributed by atoms with Gasteiger partial charge in [0, 0.05) is 17.7 Å². The topological polar surface area (TPSA) is 69.0 Å². The molecule has 1 amide bonds. The normalized spacial score (nSPS) is 10.6. The third-order valence-corrected chi connectivity index (χ3v) is 4.31. The molecule has 0 aliphatic rings. The smallest absolute Gasteiger partial charge is 0.336 e. The zero-order chi connectivity index (χ0) is 19.2. The summed E-state index contributed by atoms with van der Waals surface area (Å²) in [6.07, 6.45) is 2.43. The maximum absolute atomic E-state index is 11.9. The Hall–Kier alpha value is -3.15. The summed E-state index contributed by atoms with van der Waals surface area (Å²) in [6.45, 7) is 4.11. The highest BCUT2D eigenvalue weighted by Gasteiger charge is 2.15. The fourth-order valence-corrected chi connectivity index (χ4v) is 2.80. The van der Waals surface area contributed by atoms with Crippen molar-refractivity contribution in [3.8, 4) is 23.1 Å². The van der Waals surface area contributed by atoms with Gasteiger partial charge in [-0.15, -0.1) is 5.10 Å². The second-order valence-corrected chi connectivity index (χ2v) is 6.35. The van der Waals surface area contributed by atoms with Crippen molar-refractivity contribution in [1.82, 2.24) is 14.8 Å². The number of aromatic nitrogens is 3. The van der Waals surface area contributed by atoms with Crippen LogP contribution in [0.5, 0.6) is 6.01 Å². The van der Waals surface area contributed by atoms with E-state index in [2.05, 4.69) is 22.3 Å². The van der Waals surface area contributed by atoms with Crippen molar-refractivity contribution in [3.63, 3.8) is 0 Å². The maximum Gasteiger partial charge on any atom is 0.336 e. The molecule has 1 aromatic heterocycles. The van der Waals surface area contributed by atoms with Crippen LogP contribution in [-0.2, 0) is 4.79 Å². The van der Waals surface area contributed by atoms with Crippen molar-refractivity contribution < 1.29 is 9.53 Å². The van der Waals surface area contributed by atoms with Crippen LogP contribution in [0.2, 0.25) is 0 Å². The molecule has 2 aromatic carbocycles. The highest BCUT2D eigenvalue weighted by molar-refractivity contribution is 5.90.